The minimum atomic E-state index is 0.406. The molecule has 0 aliphatic carbocycles. The second-order valence-electron chi connectivity index (χ2n) is 4.35. The molecule has 1 heterocycles. The molecule has 0 aromatic rings. The van der Waals surface area contributed by atoms with E-state index >= 15 is 0 Å². The molecule has 2 heteroatoms. The maximum Gasteiger partial charge on any atom is 0.0678 e. The van der Waals surface area contributed by atoms with Crippen molar-refractivity contribution in [1.29, 1.82) is 0 Å². The van der Waals surface area contributed by atoms with Crippen LogP contribution in [0.3, 0.4) is 0 Å². The average molecular weight is 185 g/mol. The fourth-order valence-corrected chi connectivity index (χ4v) is 2.18. The third-order valence-corrected chi connectivity index (χ3v) is 2.78. The van der Waals surface area contributed by atoms with E-state index in [-0.39, 0.29) is 0 Å². The molecule has 0 unspecified atom stereocenters. The van der Waals surface area contributed by atoms with Gasteiger partial charge in [0.25, 0.3) is 0 Å². The molecule has 3 atom stereocenters. The Morgan fingerprint density at radius 2 is 1.85 bits per heavy atom. The number of hydrogen-bond donors (Lipinski definition) is 0. The van der Waals surface area contributed by atoms with E-state index in [0.29, 0.717) is 12.2 Å². The summed E-state index contributed by atoms with van der Waals surface area (Å²) in [5.74, 6) is 0. The molecule has 0 bridgehead atoms. The molecule has 1 rings (SSSR count). The van der Waals surface area contributed by atoms with E-state index in [1.165, 1.54) is 12.8 Å². The summed E-state index contributed by atoms with van der Waals surface area (Å²) in [6.45, 7) is 11.1. The monoisotopic (exact) mass is 185 g/mol. The Morgan fingerprint density at radius 3 is 2.31 bits per heavy atom. The van der Waals surface area contributed by atoms with Crippen LogP contribution >= 0.6 is 0 Å². The van der Waals surface area contributed by atoms with Gasteiger partial charge in [0.05, 0.1) is 12.2 Å². The molecule has 1 saturated heterocycles. The van der Waals surface area contributed by atoms with Crippen LogP contribution in [0.25, 0.3) is 0 Å². The smallest absolute Gasteiger partial charge is 0.0678 e. The second kappa shape index (κ2) is 4.97. The van der Waals surface area contributed by atoms with E-state index in [9.17, 15) is 0 Å². The zero-order chi connectivity index (χ0) is 9.84. The van der Waals surface area contributed by atoms with Crippen molar-refractivity contribution in [1.82, 2.24) is 4.90 Å². The summed E-state index contributed by atoms with van der Waals surface area (Å²) in [6, 6.07) is 0.721. The third kappa shape index (κ3) is 3.28. The zero-order valence-corrected chi connectivity index (χ0v) is 9.42. The molecule has 13 heavy (non-hydrogen) atoms. The molecular weight excluding hydrogens is 162 g/mol. The molecule has 1 aliphatic heterocycles. The highest BCUT2D eigenvalue weighted by Crippen LogP contribution is 2.15. The summed E-state index contributed by atoms with van der Waals surface area (Å²) in [7, 11) is 0. The maximum atomic E-state index is 5.70. The minimum Gasteiger partial charge on any atom is -0.373 e. The molecular formula is C11H23NO. The highest BCUT2D eigenvalue weighted by atomic mass is 16.5. The van der Waals surface area contributed by atoms with Gasteiger partial charge in [-0.3, -0.25) is 4.90 Å². The van der Waals surface area contributed by atoms with Crippen molar-refractivity contribution in [2.75, 3.05) is 13.1 Å². The molecule has 1 fully saturated rings. The van der Waals surface area contributed by atoms with Crippen molar-refractivity contribution >= 4 is 0 Å². The van der Waals surface area contributed by atoms with Gasteiger partial charge in [-0.1, -0.05) is 13.3 Å². The lowest BCUT2D eigenvalue weighted by molar-refractivity contribution is -0.0791. The molecule has 78 valence electrons. The van der Waals surface area contributed by atoms with Gasteiger partial charge in [-0.15, -0.1) is 0 Å². The van der Waals surface area contributed by atoms with Gasteiger partial charge in [0.1, 0.15) is 0 Å². The summed E-state index contributed by atoms with van der Waals surface area (Å²) in [4.78, 5) is 2.56. The van der Waals surface area contributed by atoms with Crippen molar-refractivity contribution in [3.8, 4) is 0 Å². The number of ether oxygens (including phenoxy) is 1. The molecule has 0 saturated carbocycles. The molecule has 0 aromatic carbocycles. The third-order valence-electron chi connectivity index (χ3n) is 2.78. The highest BCUT2D eigenvalue weighted by Gasteiger charge is 2.24. The first-order chi connectivity index (χ1) is 6.13. The molecule has 0 aromatic heterocycles. The summed E-state index contributed by atoms with van der Waals surface area (Å²) >= 11 is 0. The lowest BCUT2D eigenvalue weighted by Gasteiger charge is -2.38. The Bertz CT molecular complexity index is 139. The van der Waals surface area contributed by atoms with Crippen LogP contribution in [0, 0.1) is 0 Å². The molecule has 0 amide bonds. The lowest BCUT2D eigenvalue weighted by Crippen LogP contribution is -2.49. The van der Waals surface area contributed by atoms with Gasteiger partial charge in [0.15, 0.2) is 0 Å². The molecule has 2 nitrogen and oxygen atoms in total. The fourth-order valence-electron chi connectivity index (χ4n) is 2.18. The van der Waals surface area contributed by atoms with Gasteiger partial charge in [-0.2, -0.15) is 0 Å². The fraction of sp³-hybridized carbons (Fsp3) is 1.00. The van der Waals surface area contributed by atoms with Gasteiger partial charge in [-0.05, 0) is 27.2 Å². The second-order valence-corrected chi connectivity index (χ2v) is 4.35. The topological polar surface area (TPSA) is 12.5 Å². The molecule has 0 N–H and O–H groups in total. The lowest BCUT2D eigenvalue weighted by atomic mass is 10.1. The molecule has 0 spiro atoms. The van der Waals surface area contributed by atoms with Crippen molar-refractivity contribution in [2.24, 2.45) is 0 Å². The van der Waals surface area contributed by atoms with Crippen LogP contribution in [0.15, 0.2) is 0 Å². The van der Waals surface area contributed by atoms with E-state index in [1.54, 1.807) is 0 Å². The maximum absolute atomic E-state index is 5.70. The SMILES string of the molecule is CCC[C@H](C)N1C[C@@H](C)O[C@H](C)C1. The summed E-state index contributed by atoms with van der Waals surface area (Å²) in [5.41, 5.74) is 0. The van der Waals surface area contributed by atoms with E-state index < -0.39 is 0 Å². The van der Waals surface area contributed by atoms with Crippen LogP contribution in [0.2, 0.25) is 0 Å². The average Bonchev–Trinajstić information content (AvgIpc) is 2.03. The number of morpholine rings is 1. The van der Waals surface area contributed by atoms with E-state index in [0.717, 1.165) is 19.1 Å². The first kappa shape index (κ1) is 11.0. The Labute approximate surface area is 82.3 Å². The summed E-state index contributed by atoms with van der Waals surface area (Å²) in [5, 5.41) is 0. The van der Waals surface area contributed by atoms with E-state index in [2.05, 4.69) is 32.6 Å². The summed E-state index contributed by atoms with van der Waals surface area (Å²) in [6.07, 6.45) is 3.40. The Morgan fingerprint density at radius 1 is 1.31 bits per heavy atom. The van der Waals surface area contributed by atoms with Gasteiger partial charge < -0.3 is 4.74 Å². The van der Waals surface area contributed by atoms with Crippen LogP contribution in [0.1, 0.15) is 40.5 Å². The van der Waals surface area contributed by atoms with Crippen molar-refractivity contribution in [3.63, 3.8) is 0 Å². The molecule has 1 aliphatic rings. The first-order valence-corrected chi connectivity index (χ1v) is 5.53. The highest BCUT2D eigenvalue weighted by molar-refractivity contribution is 4.77. The first-order valence-electron chi connectivity index (χ1n) is 5.53. The quantitative estimate of drug-likeness (QED) is 0.669. The zero-order valence-electron chi connectivity index (χ0n) is 9.42. The van der Waals surface area contributed by atoms with Crippen LogP contribution in [0.5, 0.6) is 0 Å². The molecule has 0 radical (unpaired) electrons. The van der Waals surface area contributed by atoms with Crippen molar-refractivity contribution in [3.05, 3.63) is 0 Å². The van der Waals surface area contributed by atoms with Crippen LogP contribution < -0.4 is 0 Å². The van der Waals surface area contributed by atoms with E-state index in [4.69, 9.17) is 4.74 Å². The van der Waals surface area contributed by atoms with Gasteiger partial charge >= 0.3 is 0 Å². The predicted octanol–water partition coefficient (Wildman–Crippen LogP) is 2.28. The number of rotatable bonds is 3. The normalized spacial score (nSPS) is 33.2. The van der Waals surface area contributed by atoms with Crippen LogP contribution in [-0.4, -0.2) is 36.2 Å². The van der Waals surface area contributed by atoms with Gasteiger partial charge in [0, 0.05) is 19.1 Å². The standard InChI is InChI=1S/C11H23NO/c1-5-6-9(2)12-7-10(3)13-11(4)8-12/h9-11H,5-8H2,1-4H3/t9-,10+,11+/m0/s1. The number of nitrogens with zero attached hydrogens (tertiary/aromatic N) is 1. The van der Waals surface area contributed by atoms with Crippen LogP contribution in [0.4, 0.5) is 0 Å². The van der Waals surface area contributed by atoms with Crippen molar-refractivity contribution < 1.29 is 4.74 Å². The van der Waals surface area contributed by atoms with Crippen LogP contribution in [-0.2, 0) is 4.74 Å². The Balaban J connectivity index is 2.40. The van der Waals surface area contributed by atoms with Gasteiger partial charge in [-0.25, -0.2) is 0 Å². The van der Waals surface area contributed by atoms with E-state index in [1.807, 2.05) is 0 Å². The Kier molecular flexibility index (Phi) is 4.20. The summed E-state index contributed by atoms with van der Waals surface area (Å²) < 4.78 is 5.70. The predicted molar refractivity (Wildman–Crippen MR) is 56.0 cm³/mol. The minimum absolute atomic E-state index is 0.406. The van der Waals surface area contributed by atoms with Crippen molar-refractivity contribution in [2.45, 2.75) is 58.8 Å². The largest absolute Gasteiger partial charge is 0.373 e. The Hall–Kier alpha value is -0.0800. The number of hydrogen-bond acceptors (Lipinski definition) is 2. The van der Waals surface area contributed by atoms with Gasteiger partial charge in [0.2, 0.25) is 0 Å².